The molecule has 0 aliphatic rings. The van der Waals surface area contributed by atoms with Crippen molar-refractivity contribution in [2.24, 2.45) is 5.73 Å². The van der Waals surface area contributed by atoms with Crippen molar-refractivity contribution >= 4 is 28.4 Å². The Morgan fingerprint density at radius 1 is 1.11 bits per heavy atom. The topological polar surface area (TPSA) is 84.2 Å². The van der Waals surface area contributed by atoms with Gasteiger partial charge >= 0.3 is 6.03 Å². The monoisotopic (exact) mass is 257 g/mol. The lowest BCUT2D eigenvalue weighted by Crippen LogP contribution is -2.44. The van der Waals surface area contributed by atoms with Crippen LogP contribution in [0.2, 0.25) is 0 Å². The van der Waals surface area contributed by atoms with Crippen molar-refractivity contribution in [2.75, 3.05) is 5.32 Å². The number of rotatable bonds is 3. The maximum atomic E-state index is 11.6. The van der Waals surface area contributed by atoms with Gasteiger partial charge in [0.2, 0.25) is 5.91 Å². The van der Waals surface area contributed by atoms with Crippen LogP contribution < -0.4 is 16.4 Å². The molecule has 0 spiro atoms. The summed E-state index contributed by atoms with van der Waals surface area (Å²) in [6.07, 6.45) is 0. The SMILES string of the molecule is CC(NC(=O)Nc1ccc2ccccc2c1)C(N)=O. The standard InChI is InChI=1S/C14H15N3O2/c1-9(13(15)18)16-14(19)17-12-7-6-10-4-2-3-5-11(10)8-12/h2-9H,1H3,(H2,15,18)(H2,16,17,19). The van der Waals surface area contributed by atoms with Crippen LogP contribution in [0.4, 0.5) is 10.5 Å². The molecule has 0 aliphatic heterocycles. The molecule has 0 aromatic heterocycles. The lowest BCUT2D eigenvalue weighted by Gasteiger charge is -2.11. The van der Waals surface area contributed by atoms with Gasteiger partial charge in [-0.15, -0.1) is 0 Å². The summed E-state index contributed by atoms with van der Waals surface area (Å²) < 4.78 is 0. The second-order valence-corrected chi connectivity index (χ2v) is 4.28. The minimum atomic E-state index is -0.708. The maximum absolute atomic E-state index is 11.6. The van der Waals surface area contributed by atoms with Gasteiger partial charge in [0.05, 0.1) is 0 Å². The Morgan fingerprint density at radius 3 is 2.47 bits per heavy atom. The van der Waals surface area contributed by atoms with Crippen LogP contribution in [0.1, 0.15) is 6.92 Å². The number of carbonyl (C=O) groups excluding carboxylic acids is 2. The summed E-state index contributed by atoms with van der Waals surface area (Å²) in [6, 6.07) is 12.3. The van der Waals surface area contributed by atoms with E-state index in [4.69, 9.17) is 5.73 Å². The van der Waals surface area contributed by atoms with Crippen molar-refractivity contribution in [3.05, 3.63) is 42.5 Å². The zero-order valence-electron chi connectivity index (χ0n) is 10.5. The predicted molar refractivity (Wildman–Crippen MR) is 74.8 cm³/mol. The minimum Gasteiger partial charge on any atom is -0.368 e. The van der Waals surface area contributed by atoms with Crippen molar-refractivity contribution in [3.8, 4) is 0 Å². The molecule has 3 amide bonds. The number of anilines is 1. The van der Waals surface area contributed by atoms with E-state index in [1.54, 1.807) is 6.07 Å². The van der Waals surface area contributed by atoms with Crippen LogP contribution in [0.3, 0.4) is 0 Å². The Balaban J connectivity index is 2.09. The highest BCUT2D eigenvalue weighted by molar-refractivity contribution is 5.95. The van der Waals surface area contributed by atoms with Crippen LogP contribution in [-0.4, -0.2) is 18.0 Å². The van der Waals surface area contributed by atoms with Crippen LogP contribution in [-0.2, 0) is 4.79 Å². The lowest BCUT2D eigenvalue weighted by molar-refractivity contribution is -0.119. The summed E-state index contributed by atoms with van der Waals surface area (Å²) >= 11 is 0. The third kappa shape index (κ3) is 3.22. The third-order valence-electron chi connectivity index (χ3n) is 2.78. The van der Waals surface area contributed by atoms with E-state index in [9.17, 15) is 9.59 Å². The number of nitrogens with two attached hydrogens (primary N) is 1. The van der Waals surface area contributed by atoms with Gasteiger partial charge in [-0.1, -0.05) is 30.3 Å². The number of amides is 3. The minimum absolute atomic E-state index is 0.457. The Hall–Kier alpha value is -2.56. The molecular weight excluding hydrogens is 242 g/mol. The predicted octanol–water partition coefficient (Wildman–Crippen LogP) is 1.84. The van der Waals surface area contributed by atoms with Crippen LogP contribution in [0.15, 0.2) is 42.5 Å². The van der Waals surface area contributed by atoms with Gasteiger partial charge < -0.3 is 16.4 Å². The molecule has 2 aromatic carbocycles. The van der Waals surface area contributed by atoms with Gasteiger partial charge in [0, 0.05) is 5.69 Å². The molecule has 1 atom stereocenters. The molecule has 0 saturated carbocycles. The van der Waals surface area contributed by atoms with E-state index in [0.29, 0.717) is 5.69 Å². The van der Waals surface area contributed by atoms with E-state index in [2.05, 4.69) is 10.6 Å². The average Bonchev–Trinajstić information content (AvgIpc) is 2.38. The van der Waals surface area contributed by atoms with E-state index < -0.39 is 18.0 Å². The first-order chi connectivity index (χ1) is 9.06. The molecule has 19 heavy (non-hydrogen) atoms. The highest BCUT2D eigenvalue weighted by Gasteiger charge is 2.11. The molecule has 0 saturated heterocycles. The second-order valence-electron chi connectivity index (χ2n) is 4.28. The van der Waals surface area contributed by atoms with Gasteiger partial charge in [-0.2, -0.15) is 0 Å². The summed E-state index contributed by atoms with van der Waals surface area (Å²) in [5.41, 5.74) is 5.73. The summed E-state index contributed by atoms with van der Waals surface area (Å²) in [6.45, 7) is 1.53. The fraction of sp³-hybridized carbons (Fsp3) is 0.143. The molecule has 0 fully saturated rings. The number of nitrogens with one attached hydrogen (secondary N) is 2. The molecule has 5 nitrogen and oxygen atoms in total. The summed E-state index contributed by atoms with van der Waals surface area (Å²) in [5.74, 6) is -0.575. The molecule has 0 bridgehead atoms. The van der Waals surface area contributed by atoms with Crippen molar-refractivity contribution in [3.63, 3.8) is 0 Å². The molecule has 0 heterocycles. The van der Waals surface area contributed by atoms with Crippen molar-refractivity contribution in [1.29, 1.82) is 0 Å². The Kier molecular flexibility index (Phi) is 3.66. The molecule has 5 heteroatoms. The highest BCUT2D eigenvalue weighted by atomic mass is 16.2. The molecule has 0 aliphatic carbocycles. The Labute approximate surface area is 110 Å². The van der Waals surface area contributed by atoms with Crippen LogP contribution in [0.5, 0.6) is 0 Å². The smallest absolute Gasteiger partial charge is 0.319 e. The number of urea groups is 1. The Morgan fingerprint density at radius 2 is 1.79 bits per heavy atom. The lowest BCUT2D eigenvalue weighted by atomic mass is 10.1. The molecule has 98 valence electrons. The summed E-state index contributed by atoms with van der Waals surface area (Å²) in [7, 11) is 0. The quantitative estimate of drug-likeness (QED) is 0.783. The van der Waals surface area contributed by atoms with Gasteiger partial charge in [-0.3, -0.25) is 4.79 Å². The fourth-order valence-electron chi connectivity index (χ4n) is 1.70. The maximum Gasteiger partial charge on any atom is 0.319 e. The number of primary amides is 1. The van der Waals surface area contributed by atoms with Crippen molar-refractivity contribution in [2.45, 2.75) is 13.0 Å². The molecule has 2 aromatic rings. The van der Waals surface area contributed by atoms with Gasteiger partial charge in [0.1, 0.15) is 6.04 Å². The first-order valence-corrected chi connectivity index (χ1v) is 5.92. The first kappa shape index (κ1) is 12.9. The highest BCUT2D eigenvalue weighted by Crippen LogP contribution is 2.18. The largest absolute Gasteiger partial charge is 0.368 e. The first-order valence-electron chi connectivity index (χ1n) is 5.92. The van der Waals surface area contributed by atoms with E-state index >= 15 is 0 Å². The van der Waals surface area contributed by atoms with E-state index in [0.717, 1.165) is 10.8 Å². The fourth-order valence-corrected chi connectivity index (χ4v) is 1.70. The number of benzene rings is 2. The molecule has 2 rings (SSSR count). The number of hydrogen-bond donors (Lipinski definition) is 3. The van der Waals surface area contributed by atoms with Gasteiger partial charge in [-0.05, 0) is 29.8 Å². The van der Waals surface area contributed by atoms with Crippen molar-refractivity contribution < 1.29 is 9.59 Å². The third-order valence-corrected chi connectivity index (χ3v) is 2.78. The average molecular weight is 257 g/mol. The molecular formula is C14H15N3O2. The number of fused-ring (bicyclic) bond motifs is 1. The van der Waals surface area contributed by atoms with Gasteiger partial charge in [0.15, 0.2) is 0 Å². The zero-order valence-corrected chi connectivity index (χ0v) is 10.5. The number of hydrogen-bond acceptors (Lipinski definition) is 2. The number of carbonyl (C=O) groups is 2. The van der Waals surface area contributed by atoms with Crippen LogP contribution in [0.25, 0.3) is 10.8 Å². The van der Waals surface area contributed by atoms with E-state index in [1.165, 1.54) is 6.92 Å². The van der Waals surface area contributed by atoms with Gasteiger partial charge in [0.25, 0.3) is 0 Å². The molecule has 0 radical (unpaired) electrons. The normalized spacial score (nSPS) is 11.8. The summed E-state index contributed by atoms with van der Waals surface area (Å²) in [5, 5.41) is 7.24. The summed E-state index contributed by atoms with van der Waals surface area (Å²) in [4.78, 5) is 22.5. The van der Waals surface area contributed by atoms with Gasteiger partial charge in [-0.25, -0.2) is 4.79 Å². The molecule has 1 unspecified atom stereocenters. The van der Waals surface area contributed by atoms with E-state index in [-0.39, 0.29) is 0 Å². The van der Waals surface area contributed by atoms with Crippen molar-refractivity contribution in [1.82, 2.24) is 5.32 Å². The van der Waals surface area contributed by atoms with E-state index in [1.807, 2.05) is 36.4 Å². The zero-order chi connectivity index (χ0) is 13.8. The van der Waals surface area contributed by atoms with Crippen LogP contribution >= 0.6 is 0 Å². The Bertz CT molecular complexity index is 625. The van der Waals surface area contributed by atoms with Crippen LogP contribution in [0, 0.1) is 0 Å². The second kappa shape index (κ2) is 5.39. The molecule has 4 N–H and O–H groups in total.